The van der Waals surface area contributed by atoms with E-state index in [-0.39, 0.29) is 0 Å². The molecule has 0 saturated heterocycles. The van der Waals surface area contributed by atoms with Gasteiger partial charge in [0.15, 0.2) is 11.5 Å². The molecule has 0 aromatic heterocycles. The maximum absolute atomic E-state index is 11.9. The first-order valence-electron chi connectivity index (χ1n) is 8.17. The van der Waals surface area contributed by atoms with Gasteiger partial charge in [0.25, 0.3) is 0 Å². The number of hydrogen-bond acceptors (Lipinski definition) is 4. The first-order valence-corrected chi connectivity index (χ1v) is 8.17. The van der Waals surface area contributed by atoms with E-state index in [0.29, 0.717) is 24.5 Å². The Bertz CT molecular complexity index is 739. The van der Waals surface area contributed by atoms with Crippen molar-refractivity contribution in [2.24, 2.45) is 0 Å². The van der Waals surface area contributed by atoms with Crippen molar-refractivity contribution in [3.8, 4) is 17.2 Å². The molecule has 0 bridgehead atoms. The summed E-state index contributed by atoms with van der Waals surface area (Å²) >= 11 is 0. The highest BCUT2D eigenvalue weighted by molar-refractivity contribution is 5.77. The highest BCUT2D eigenvalue weighted by Crippen LogP contribution is 2.35. The Morgan fingerprint density at radius 2 is 1.84 bits per heavy atom. The lowest BCUT2D eigenvalue weighted by Gasteiger charge is -2.18. The summed E-state index contributed by atoms with van der Waals surface area (Å²) < 4.78 is 16.3. The lowest BCUT2D eigenvalue weighted by atomic mass is 9.90. The third kappa shape index (κ3) is 4.24. The van der Waals surface area contributed by atoms with Gasteiger partial charge in [-0.2, -0.15) is 0 Å². The van der Waals surface area contributed by atoms with Gasteiger partial charge in [0.2, 0.25) is 0 Å². The molecule has 25 heavy (non-hydrogen) atoms. The van der Waals surface area contributed by atoms with Crippen LogP contribution in [0.3, 0.4) is 0 Å². The molecule has 1 N–H and O–H groups in total. The highest BCUT2D eigenvalue weighted by atomic mass is 16.5. The fourth-order valence-electron chi connectivity index (χ4n) is 2.88. The zero-order valence-electron chi connectivity index (χ0n) is 15.0. The third-order valence-electron chi connectivity index (χ3n) is 4.11. The fraction of sp³-hybridized carbons (Fsp3) is 0.350. The molecule has 2 aromatic carbocycles. The van der Waals surface area contributed by atoms with Crippen molar-refractivity contribution in [2.45, 2.75) is 26.2 Å². The van der Waals surface area contributed by atoms with E-state index in [2.05, 4.69) is 0 Å². The second kappa shape index (κ2) is 8.42. The average Bonchev–Trinajstić information content (AvgIpc) is 2.60. The smallest absolute Gasteiger partial charge is 0.311 e. The number of aliphatic carboxylic acids is 1. The number of para-hydroxylation sites is 1. The van der Waals surface area contributed by atoms with Crippen LogP contribution in [0.1, 0.15) is 29.5 Å². The molecule has 1 unspecified atom stereocenters. The van der Waals surface area contributed by atoms with Crippen LogP contribution in [-0.2, 0) is 11.2 Å². The van der Waals surface area contributed by atoms with E-state index >= 15 is 0 Å². The van der Waals surface area contributed by atoms with E-state index in [4.69, 9.17) is 14.2 Å². The normalized spacial score (nSPS) is 11.7. The highest BCUT2D eigenvalue weighted by Gasteiger charge is 2.24. The average molecular weight is 344 g/mol. The minimum absolute atomic E-state index is 0.313. The lowest BCUT2D eigenvalue weighted by molar-refractivity contribution is -0.138. The fourth-order valence-corrected chi connectivity index (χ4v) is 2.88. The molecule has 1 atom stereocenters. The minimum Gasteiger partial charge on any atom is -0.496 e. The van der Waals surface area contributed by atoms with Gasteiger partial charge in [0, 0.05) is 0 Å². The van der Waals surface area contributed by atoms with E-state index in [0.717, 1.165) is 22.4 Å². The molecule has 0 saturated carbocycles. The summed E-state index contributed by atoms with van der Waals surface area (Å²) in [6.07, 6.45) is 0.313. The SMILES string of the molecule is CCOc1c(CC(C(=O)O)c2ccc(OC)c(C)c2)cccc1OC. The second-order valence-electron chi connectivity index (χ2n) is 5.71. The molecule has 134 valence electrons. The number of methoxy groups -OCH3 is 2. The molecule has 0 aliphatic rings. The van der Waals surface area contributed by atoms with E-state index < -0.39 is 11.9 Å². The number of benzene rings is 2. The molecule has 0 radical (unpaired) electrons. The molecule has 0 aliphatic carbocycles. The zero-order chi connectivity index (χ0) is 18.4. The minimum atomic E-state index is -0.880. The van der Waals surface area contributed by atoms with E-state index in [1.807, 2.05) is 38.1 Å². The monoisotopic (exact) mass is 344 g/mol. The van der Waals surface area contributed by atoms with Gasteiger partial charge in [-0.1, -0.05) is 24.3 Å². The van der Waals surface area contributed by atoms with Gasteiger partial charge >= 0.3 is 5.97 Å². The molecular weight excluding hydrogens is 320 g/mol. The van der Waals surface area contributed by atoms with Crippen LogP contribution in [0, 0.1) is 6.92 Å². The van der Waals surface area contributed by atoms with Crippen molar-refractivity contribution in [1.29, 1.82) is 0 Å². The second-order valence-corrected chi connectivity index (χ2v) is 5.71. The van der Waals surface area contributed by atoms with Crippen LogP contribution in [0.2, 0.25) is 0 Å². The van der Waals surface area contributed by atoms with E-state index in [1.54, 1.807) is 26.4 Å². The predicted molar refractivity (Wildman–Crippen MR) is 96.0 cm³/mol. The van der Waals surface area contributed by atoms with Crippen molar-refractivity contribution in [1.82, 2.24) is 0 Å². The Balaban J connectivity index is 2.40. The topological polar surface area (TPSA) is 65.0 Å². The van der Waals surface area contributed by atoms with Crippen LogP contribution in [-0.4, -0.2) is 31.9 Å². The quantitative estimate of drug-likeness (QED) is 0.788. The van der Waals surface area contributed by atoms with Gasteiger partial charge in [0.1, 0.15) is 5.75 Å². The van der Waals surface area contributed by atoms with Gasteiger partial charge in [-0.25, -0.2) is 0 Å². The number of carbonyl (C=O) groups is 1. The zero-order valence-corrected chi connectivity index (χ0v) is 15.0. The number of rotatable bonds is 8. The van der Waals surface area contributed by atoms with Crippen LogP contribution < -0.4 is 14.2 Å². The number of hydrogen-bond donors (Lipinski definition) is 1. The van der Waals surface area contributed by atoms with E-state index in [9.17, 15) is 9.90 Å². The molecule has 0 aliphatic heterocycles. The first-order chi connectivity index (χ1) is 12.0. The van der Waals surface area contributed by atoms with Crippen LogP contribution in [0.15, 0.2) is 36.4 Å². The van der Waals surface area contributed by atoms with Crippen molar-refractivity contribution >= 4 is 5.97 Å². The van der Waals surface area contributed by atoms with Crippen LogP contribution in [0.5, 0.6) is 17.2 Å². The number of aryl methyl sites for hydroxylation is 1. The summed E-state index contributed by atoms with van der Waals surface area (Å²) in [6, 6.07) is 11.0. The molecule has 2 aromatic rings. The molecule has 2 rings (SSSR count). The summed E-state index contributed by atoms with van der Waals surface area (Å²) in [5.41, 5.74) is 2.44. The maximum Gasteiger partial charge on any atom is 0.311 e. The predicted octanol–water partition coefficient (Wildman–Crippen LogP) is 3.82. The lowest BCUT2D eigenvalue weighted by Crippen LogP contribution is -2.15. The summed E-state index contributed by atoms with van der Waals surface area (Å²) in [7, 11) is 3.17. The van der Waals surface area contributed by atoms with Crippen LogP contribution >= 0.6 is 0 Å². The summed E-state index contributed by atoms with van der Waals surface area (Å²) in [4.78, 5) is 11.9. The number of carboxylic acids is 1. The molecule has 0 amide bonds. The van der Waals surface area contributed by atoms with Crippen LogP contribution in [0.4, 0.5) is 0 Å². The molecule has 5 nitrogen and oxygen atoms in total. The Hall–Kier alpha value is -2.69. The standard InChI is InChI=1S/C20H24O5/c1-5-25-19-15(7-6-8-18(19)24-4)12-16(20(21)22)14-9-10-17(23-3)13(2)11-14/h6-11,16H,5,12H2,1-4H3,(H,21,22). The Labute approximate surface area is 148 Å². The number of ether oxygens (including phenoxy) is 3. The number of carboxylic acid groups (broad SMARTS) is 1. The summed E-state index contributed by atoms with van der Waals surface area (Å²) in [5, 5.41) is 9.75. The largest absolute Gasteiger partial charge is 0.496 e. The molecule has 0 heterocycles. The molecule has 0 spiro atoms. The Kier molecular flexibility index (Phi) is 6.28. The molecule has 0 fully saturated rings. The third-order valence-corrected chi connectivity index (χ3v) is 4.11. The van der Waals surface area contributed by atoms with Gasteiger partial charge in [-0.3, -0.25) is 4.79 Å². The Morgan fingerprint density at radius 3 is 2.40 bits per heavy atom. The van der Waals surface area contributed by atoms with Crippen LogP contribution in [0.25, 0.3) is 0 Å². The van der Waals surface area contributed by atoms with Gasteiger partial charge in [-0.05, 0) is 49.1 Å². The van der Waals surface area contributed by atoms with Gasteiger partial charge in [-0.15, -0.1) is 0 Å². The summed E-state index contributed by atoms with van der Waals surface area (Å²) in [6.45, 7) is 4.27. The molecule has 5 heteroatoms. The van der Waals surface area contributed by atoms with Crippen molar-refractivity contribution in [3.05, 3.63) is 53.1 Å². The van der Waals surface area contributed by atoms with Crippen molar-refractivity contribution in [2.75, 3.05) is 20.8 Å². The molecular formula is C20H24O5. The van der Waals surface area contributed by atoms with Crippen molar-refractivity contribution < 1.29 is 24.1 Å². The van der Waals surface area contributed by atoms with Gasteiger partial charge < -0.3 is 19.3 Å². The first kappa shape index (κ1) is 18.6. The van der Waals surface area contributed by atoms with Gasteiger partial charge in [0.05, 0.1) is 26.7 Å². The van der Waals surface area contributed by atoms with E-state index in [1.165, 1.54) is 0 Å². The Morgan fingerprint density at radius 1 is 1.12 bits per heavy atom. The summed E-state index contributed by atoms with van der Waals surface area (Å²) in [5.74, 6) is 0.383. The van der Waals surface area contributed by atoms with Crippen molar-refractivity contribution in [3.63, 3.8) is 0 Å². The maximum atomic E-state index is 11.9.